The van der Waals surface area contributed by atoms with Gasteiger partial charge < -0.3 is 15.4 Å². The highest BCUT2D eigenvalue weighted by Crippen LogP contribution is 2.22. The Kier molecular flexibility index (Phi) is 3.78. The quantitative estimate of drug-likeness (QED) is 0.698. The molecule has 0 aromatic rings. The number of carbonyl (C=O) groups excluding carboxylic acids is 1. The third kappa shape index (κ3) is 2.21. The molecule has 0 spiro atoms. The first kappa shape index (κ1) is 11.8. The summed E-state index contributed by atoms with van der Waals surface area (Å²) in [7, 11) is 2.08. The third-order valence-electron chi connectivity index (χ3n) is 3.54. The van der Waals surface area contributed by atoms with Gasteiger partial charge in [0, 0.05) is 6.54 Å². The van der Waals surface area contributed by atoms with Gasteiger partial charge in [-0.3, -0.25) is 9.69 Å². The molecular weight excluding hydrogens is 206 g/mol. The molecule has 2 fully saturated rings. The van der Waals surface area contributed by atoms with E-state index >= 15 is 0 Å². The van der Waals surface area contributed by atoms with E-state index in [1.807, 2.05) is 4.90 Å². The lowest BCUT2D eigenvalue weighted by Gasteiger charge is -2.46. The fourth-order valence-electron chi connectivity index (χ4n) is 2.64. The molecule has 2 N–H and O–H groups in total. The highest BCUT2D eigenvalue weighted by Gasteiger charge is 2.36. The van der Waals surface area contributed by atoms with Gasteiger partial charge in [0.05, 0.1) is 18.8 Å². The number of amides is 1. The number of hydrogen-bond acceptors (Lipinski definition) is 4. The number of carbonyl (C=O) groups is 1. The molecule has 16 heavy (non-hydrogen) atoms. The zero-order chi connectivity index (χ0) is 11.5. The van der Waals surface area contributed by atoms with E-state index in [1.54, 1.807) is 0 Å². The largest absolute Gasteiger partial charge is 0.369 e. The van der Waals surface area contributed by atoms with E-state index in [9.17, 15) is 4.79 Å². The molecular formula is C11H21N3O2. The van der Waals surface area contributed by atoms with Crippen LogP contribution >= 0.6 is 0 Å². The number of hydrogen-bond donors (Lipinski definition) is 1. The summed E-state index contributed by atoms with van der Waals surface area (Å²) in [6, 6.07) is 0.0480. The van der Waals surface area contributed by atoms with Crippen molar-refractivity contribution in [1.82, 2.24) is 9.80 Å². The monoisotopic (exact) mass is 227 g/mol. The molecule has 0 radical (unpaired) electrons. The average molecular weight is 227 g/mol. The van der Waals surface area contributed by atoms with Crippen molar-refractivity contribution in [2.75, 3.05) is 33.4 Å². The minimum Gasteiger partial charge on any atom is -0.369 e. The second-order valence-corrected chi connectivity index (χ2v) is 4.66. The zero-order valence-corrected chi connectivity index (χ0v) is 9.89. The Balaban J connectivity index is 2.10. The van der Waals surface area contributed by atoms with Gasteiger partial charge in [-0.25, -0.2) is 0 Å². The molecule has 2 saturated heterocycles. The van der Waals surface area contributed by atoms with Crippen molar-refractivity contribution in [3.63, 3.8) is 0 Å². The van der Waals surface area contributed by atoms with E-state index in [0.717, 1.165) is 13.0 Å². The van der Waals surface area contributed by atoms with Crippen molar-refractivity contribution in [3.05, 3.63) is 0 Å². The van der Waals surface area contributed by atoms with Crippen molar-refractivity contribution in [2.45, 2.75) is 31.5 Å². The molecule has 2 heterocycles. The summed E-state index contributed by atoms with van der Waals surface area (Å²) in [5.41, 5.74) is 5.72. The topological polar surface area (TPSA) is 58.8 Å². The molecule has 0 aliphatic carbocycles. The second-order valence-electron chi connectivity index (χ2n) is 4.66. The highest BCUT2D eigenvalue weighted by atomic mass is 16.5. The summed E-state index contributed by atoms with van der Waals surface area (Å²) in [5, 5.41) is 0. The van der Waals surface area contributed by atoms with Crippen LogP contribution in [0.2, 0.25) is 0 Å². The van der Waals surface area contributed by atoms with Gasteiger partial charge in [0.25, 0.3) is 0 Å². The number of likely N-dealkylation sites (tertiary alicyclic amines) is 1. The number of morpholine rings is 1. The van der Waals surface area contributed by atoms with Gasteiger partial charge >= 0.3 is 0 Å². The van der Waals surface area contributed by atoms with Crippen molar-refractivity contribution in [1.29, 1.82) is 0 Å². The van der Waals surface area contributed by atoms with Crippen LogP contribution in [-0.2, 0) is 9.53 Å². The lowest BCUT2D eigenvalue weighted by molar-refractivity contribution is -0.159. The van der Waals surface area contributed by atoms with Gasteiger partial charge in [0.1, 0.15) is 6.61 Å². The number of nitrogens with two attached hydrogens (primary N) is 1. The van der Waals surface area contributed by atoms with Gasteiger partial charge in [-0.15, -0.1) is 0 Å². The second kappa shape index (κ2) is 5.12. The highest BCUT2D eigenvalue weighted by molar-refractivity contribution is 5.78. The Labute approximate surface area is 96.5 Å². The van der Waals surface area contributed by atoms with Crippen LogP contribution in [0.1, 0.15) is 19.3 Å². The van der Waals surface area contributed by atoms with Crippen LogP contribution in [0.3, 0.4) is 0 Å². The molecule has 1 amide bonds. The molecule has 5 nitrogen and oxygen atoms in total. The molecule has 2 unspecified atom stereocenters. The maximum atomic E-state index is 11.9. The molecule has 0 saturated carbocycles. The summed E-state index contributed by atoms with van der Waals surface area (Å²) < 4.78 is 5.25. The minimum absolute atomic E-state index is 0.0480. The summed E-state index contributed by atoms with van der Waals surface area (Å²) in [4.78, 5) is 16.1. The fraction of sp³-hybridized carbons (Fsp3) is 0.909. The Morgan fingerprint density at radius 1 is 1.50 bits per heavy atom. The Morgan fingerprint density at radius 2 is 2.31 bits per heavy atom. The van der Waals surface area contributed by atoms with E-state index in [4.69, 9.17) is 10.5 Å². The molecule has 0 aromatic heterocycles. The smallest absolute Gasteiger partial charge is 0.250 e. The van der Waals surface area contributed by atoms with Crippen molar-refractivity contribution in [2.24, 2.45) is 5.73 Å². The van der Waals surface area contributed by atoms with Crippen LogP contribution in [0.25, 0.3) is 0 Å². The lowest BCUT2D eigenvalue weighted by atomic mass is 10.0. The molecule has 92 valence electrons. The number of nitrogens with zero attached hydrogens (tertiary/aromatic N) is 2. The van der Waals surface area contributed by atoms with E-state index < -0.39 is 0 Å². The standard InChI is InChI=1S/C11H21N3O2/c1-13-5-3-2-4-10(13)14-9(6-12)7-16-8-11(14)15/h9-10H,2-8,12H2,1H3. The maximum absolute atomic E-state index is 11.9. The molecule has 0 aromatic carbocycles. The van der Waals surface area contributed by atoms with Crippen LogP contribution < -0.4 is 5.73 Å². The molecule has 2 rings (SSSR count). The van der Waals surface area contributed by atoms with E-state index in [2.05, 4.69) is 11.9 Å². The number of piperidine rings is 1. The predicted octanol–water partition coefficient (Wildman–Crippen LogP) is -0.386. The Morgan fingerprint density at radius 3 is 3.00 bits per heavy atom. The Bertz CT molecular complexity index is 260. The third-order valence-corrected chi connectivity index (χ3v) is 3.54. The first-order valence-electron chi connectivity index (χ1n) is 6.03. The number of rotatable bonds is 2. The van der Waals surface area contributed by atoms with Crippen LogP contribution in [0.4, 0.5) is 0 Å². The first-order chi connectivity index (χ1) is 7.74. The van der Waals surface area contributed by atoms with Gasteiger partial charge in [-0.05, 0) is 32.9 Å². The van der Waals surface area contributed by atoms with Crippen molar-refractivity contribution in [3.8, 4) is 0 Å². The van der Waals surface area contributed by atoms with Crippen LogP contribution in [0, 0.1) is 0 Å². The average Bonchev–Trinajstić information content (AvgIpc) is 2.30. The number of ether oxygens (including phenoxy) is 1. The van der Waals surface area contributed by atoms with Crippen LogP contribution in [-0.4, -0.2) is 61.3 Å². The summed E-state index contributed by atoms with van der Waals surface area (Å²) in [5.74, 6) is 0.0838. The fourth-order valence-corrected chi connectivity index (χ4v) is 2.64. The summed E-state index contributed by atoms with van der Waals surface area (Å²) in [6.45, 7) is 2.33. The SMILES string of the molecule is CN1CCCCC1N1C(=O)COCC1CN. The van der Waals surface area contributed by atoms with Gasteiger partial charge in [0.2, 0.25) is 5.91 Å². The van der Waals surface area contributed by atoms with E-state index in [1.165, 1.54) is 12.8 Å². The van der Waals surface area contributed by atoms with Crippen molar-refractivity contribution < 1.29 is 9.53 Å². The molecule has 2 atom stereocenters. The Hall–Kier alpha value is -0.650. The molecule has 2 aliphatic heterocycles. The maximum Gasteiger partial charge on any atom is 0.250 e. The first-order valence-corrected chi connectivity index (χ1v) is 6.03. The van der Waals surface area contributed by atoms with E-state index in [-0.39, 0.29) is 24.7 Å². The summed E-state index contributed by atoms with van der Waals surface area (Å²) >= 11 is 0. The molecule has 0 bridgehead atoms. The molecule has 5 heteroatoms. The normalized spacial score (nSPS) is 33.1. The van der Waals surface area contributed by atoms with Gasteiger partial charge in [-0.1, -0.05) is 0 Å². The molecule has 2 aliphatic rings. The van der Waals surface area contributed by atoms with Gasteiger partial charge in [-0.2, -0.15) is 0 Å². The van der Waals surface area contributed by atoms with E-state index in [0.29, 0.717) is 13.2 Å². The predicted molar refractivity (Wildman–Crippen MR) is 60.8 cm³/mol. The van der Waals surface area contributed by atoms with Crippen molar-refractivity contribution >= 4 is 5.91 Å². The lowest BCUT2D eigenvalue weighted by Crippen LogP contribution is -2.61. The summed E-state index contributed by atoms with van der Waals surface area (Å²) in [6.07, 6.45) is 3.69. The van der Waals surface area contributed by atoms with Crippen LogP contribution in [0.15, 0.2) is 0 Å². The zero-order valence-electron chi connectivity index (χ0n) is 9.89. The minimum atomic E-state index is 0.0480. The van der Waals surface area contributed by atoms with Gasteiger partial charge in [0.15, 0.2) is 0 Å². The van der Waals surface area contributed by atoms with Crippen LogP contribution in [0.5, 0.6) is 0 Å².